The summed E-state index contributed by atoms with van der Waals surface area (Å²) in [5.41, 5.74) is 9.83. The number of hydrogen-bond donors (Lipinski definition) is 5. The number of hydrogen-bond acceptors (Lipinski definition) is 3. The van der Waals surface area contributed by atoms with Crippen molar-refractivity contribution in [2.75, 3.05) is 13.1 Å². The fourth-order valence-electron chi connectivity index (χ4n) is 4.56. The maximum Gasteiger partial charge on any atom is 0.242 e. The van der Waals surface area contributed by atoms with Crippen molar-refractivity contribution in [3.63, 3.8) is 0 Å². The zero-order chi connectivity index (χ0) is 24.5. The predicted molar refractivity (Wildman–Crippen MR) is 141 cm³/mol. The van der Waals surface area contributed by atoms with Crippen LogP contribution in [0.2, 0.25) is 0 Å². The van der Waals surface area contributed by atoms with Crippen LogP contribution in [-0.4, -0.2) is 40.9 Å². The van der Waals surface area contributed by atoms with Crippen molar-refractivity contribution in [2.24, 2.45) is 5.73 Å². The van der Waals surface area contributed by atoms with E-state index in [0.29, 0.717) is 32.4 Å². The predicted octanol–water partition coefficient (Wildman–Crippen LogP) is 3.94. The van der Waals surface area contributed by atoms with E-state index in [9.17, 15) is 9.59 Å². The number of carbonyl (C=O) groups excluding carboxylic acids is 2. The average Bonchev–Trinajstić information content (AvgIpc) is 3.48. The van der Waals surface area contributed by atoms with Crippen LogP contribution in [-0.2, 0) is 22.4 Å². The van der Waals surface area contributed by atoms with Crippen molar-refractivity contribution >= 4 is 33.6 Å². The van der Waals surface area contributed by atoms with Gasteiger partial charge < -0.3 is 26.3 Å². The van der Waals surface area contributed by atoms with Gasteiger partial charge in [0.15, 0.2) is 0 Å². The van der Waals surface area contributed by atoms with E-state index >= 15 is 0 Å². The summed E-state index contributed by atoms with van der Waals surface area (Å²) in [5, 5.41) is 8.27. The lowest BCUT2D eigenvalue weighted by Gasteiger charge is -2.18. The number of unbranched alkanes of at least 4 members (excludes halogenated alkanes) is 3. The Hall–Kier alpha value is -3.58. The highest BCUT2D eigenvalue weighted by molar-refractivity contribution is 5.89. The van der Waals surface area contributed by atoms with Gasteiger partial charge >= 0.3 is 0 Å². The van der Waals surface area contributed by atoms with Crippen molar-refractivity contribution in [3.8, 4) is 0 Å². The molecule has 1 atom stereocenters. The summed E-state index contributed by atoms with van der Waals surface area (Å²) in [4.78, 5) is 32.4. The molecule has 0 saturated heterocycles. The Morgan fingerprint density at radius 3 is 2.17 bits per heavy atom. The Labute approximate surface area is 205 Å². The molecule has 0 bridgehead atoms. The fourth-order valence-corrected chi connectivity index (χ4v) is 4.56. The van der Waals surface area contributed by atoms with Crippen molar-refractivity contribution < 1.29 is 9.59 Å². The van der Waals surface area contributed by atoms with Crippen LogP contribution in [0.5, 0.6) is 0 Å². The zero-order valence-electron chi connectivity index (χ0n) is 20.1. The number of para-hydroxylation sites is 2. The fraction of sp³-hybridized carbons (Fsp3) is 0.357. The van der Waals surface area contributed by atoms with Gasteiger partial charge in [-0.15, -0.1) is 0 Å². The Morgan fingerprint density at radius 1 is 0.829 bits per heavy atom. The molecule has 6 N–H and O–H groups in total. The Kier molecular flexibility index (Phi) is 8.57. The number of rotatable bonds is 13. The van der Waals surface area contributed by atoms with E-state index < -0.39 is 6.04 Å². The molecule has 2 amide bonds. The summed E-state index contributed by atoms with van der Waals surface area (Å²) in [7, 11) is 0. The molecule has 1 unspecified atom stereocenters. The normalized spacial score (nSPS) is 12.1. The largest absolute Gasteiger partial charge is 0.361 e. The van der Waals surface area contributed by atoms with Crippen LogP contribution in [0.4, 0.5) is 0 Å². The number of nitrogens with one attached hydrogen (secondary N) is 4. The molecule has 0 fully saturated rings. The second-order valence-electron chi connectivity index (χ2n) is 9.04. The van der Waals surface area contributed by atoms with Crippen molar-refractivity contribution in [3.05, 3.63) is 72.1 Å². The maximum absolute atomic E-state index is 13.2. The molecule has 7 nitrogen and oxygen atoms in total. The molecule has 0 spiro atoms. The van der Waals surface area contributed by atoms with Crippen molar-refractivity contribution in [2.45, 2.75) is 51.0 Å². The van der Waals surface area contributed by atoms with Gasteiger partial charge in [-0.2, -0.15) is 0 Å². The van der Waals surface area contributed by atoms with Gasteiger partial charge in [0, 0.05) is 53.6 Å². The molecular formula is C28H35N5O2. The summed E-state index contributed by atoms with van der Waals surface area (Å²) < 4.78 is 0. The summed E-state index contributed by atoms with van der Waals surface area (Å²) in [5.74, 6) is -0.249. The molecule has 7 heteroatoms. The lowest BCUT2D eigenvalue weighted by Crippen LogP contribution is -2.48. The first-order valence-corrected chi connectivity index (χ1v) is 12.5. The lowest BCUT2D eigenvalue weighted by atomic mass is 10.0. The third-order valence-electron chi connectivity index (χ3n) is 6.48. The molecule has 0 aliphatic carbocycles. The molecule has 2 aromatic heterocycles. The highest BCUT2D eigenvalue weighted by Gasteiger charge is 2.22. The van der Waals surface area contributed by atoms with Crippen LogP contribution in [0.15, 0.2) is 60.9 Å². The standard InChI is InChI=1S/C28H35N5O2/c29-15-8-2-1-3-13-27(34)33-26(17-21-19-32-25-12-7-5-10-23(21)25)28(35)30-16-14-20-18-31-24-11-6-4-9-22(20)24/h4-7,9-12,18-19,26,31-32H,1-3,8,13-17,29H2,(H,30,35)(H,33,34). The van der Waals surface area contributed by atoms with Crippen LogP contribution >= 0.6 is 0 Å². The highest BCUT2D eigenvalue weighted by Crippen LogP contribution is 2.20. The number of nitrogens with two attached hydrogens (primary N) is 1. The Balaban J connectivity index is 1.38. The minimum atomic E-state index is -0.631. The van der Waals surface area contributed by atoms with E-state index in [1.54, 1.807) is 0 Å². The van der Waals surface area contributed by atoms with Gasteiger partial charge in [-0.1, -0.05) is 49.2 Å². The highest BCUT2D eigenvalue weighted by atomic mass is 16.2. The van der Waals surface area contributed by atoms with E-state index in [1.807, 2.05) is 54.9 Å². The van der Waals surface area contributed by atoms with Crippen molar-refractivity contribution in [1.29, 1.82) is 0 Å². The van der Waals surface area contributed by atoms with Crippen LogP contribution < -0.4 is 16.4 Å². The number of amides is 2. The first-order chi connectivity index (χ1) is 17.2. The van der Waals surface area contributed by atoms with Gasteiger partial charge in [-0.3, -0.25) is 9.59 Å². The SMILES string of the molecule is NCCCCCCC(=O)NC(Cc1c[nH]c2ccccc12)C(=O)NCCc1c[nH]c2ccccc12. The minimum Gasteiger partial charge on any atom is -0.361 e. The van der Waals surface area contributed by atoms with Gasteiger partial charge in [0.1, 0.15) is 6.04 Å². The van der Waals surface area contributed by atoms with E-state index in [4.69, 9.17) is 5.73 Å². The number of benzene rings is 2. The number of aromatic amines is 2. The van der Waals surface area contributed by atoms with Crippen LogP contribution in [0.3, 0.4) is 0 Å². The third-order valence-corrected chi connectivity index (χ3v) is 6.48. The summed E-state index contributed by atoms with van der Waals surface area (Å²) in [6.45, 7) is 1.18. The van der Waals surface area contributed by atoms with Gasteiger partial charge in [0.25, 0.3) is 0 Å². The van der Waals surface area contributed by atoms with Crippen LogP contribution in [0.1, 0.15) is 43.2 Å². The number of fused-ring (bicyclic) bond motifs is 2. The lowest BCUT2D eigenvalue weighted by molar-refractivity contribution is -0.129. The van der Waals surface area contributed by atoms with Crippen LogP contribution in [0, 0.1) is 0 Å². The molecule has 2 heterocycles. The number of aromatic nitrogens is 2. The Morgan fingerprint density at radius 2 is 1.46 bits per heavy atom. The quantitative estimate of drug-likeness (QED) is 0.189. The summed E-state index contributed by atoms with van der Waals surface area (Å²) in [6, 6.07) is 15.5. The molecule has 0 aliphatic rings. The van der Waals surface area contributed by atoms with E-state index in [-0.39, 0.29) is 11.8 Å². The third kappa shape index (κ3) is 6.51. The minimum absolute atomic E-state index is 0.0885. The van der Waals surface area contributed by atoms with E-state index in [2.05, 4.69) is 26.7 Å². The van der Waals surface area contributed by atoms with Gasteiger partial charge in [-0.05, 0) is 49.1 Å². The molecule has 2 aromatic carbocycles. The second-order valence-corrected chi connectivity index (χ2v) is 9.04. The topological polar surface area (TPSA) is 116 Å². The molecule has 4 aromatic rings. The first kappa shape index (κ1) is 24.5. The summed E-state index contributed by atoms with van der Waals surface area (Å²) >= 11 is 0. The van der Waals surface area contributed by atoms with Gasteiger partial charge in [-0.25, -0.2) is 0 Å². The van der Waals surface area contributed by atoms with Crippen LogP contribution in [0.25, 0.3) is 21.8 Å². The van der Waals surface area contributed by atoms with Gasteiger partial charge in [0.05, 0.1) is 0 Å². The van der Waals surface area contributed by atoms with Gasteiger partial charge in [0.2, 0.25) is 11.8 Å². The van der Waals surface area contributed by atoms with E-state index in [1.165, 1.54) is 5.39 Å². The Bertz CT molecular complexity index is 1260. The first-order valence-electron chi connectivity index (χ1n) is 12.5. The number of carbonyl (C=O) groups is 2. The second kappa shape index (κ2) is 12.2. The van der Waals surface area contributed by atoms with E-state index in [0.717, 1.165) is 53.2 Å². The molecule has 0 aliphatic heterocycles. The molecule has 4 rings (SSSR count). The maximum atomic E-state index is 13.2. The number of H-pyrrole nitrogens is 2. The molecule has 0 radical (unpaired) electrons. The summed E-state index contributed by atoms with van der Waals surface area (Å²) in [6.07, 6.45) is 9.25. The average molecular weight is 474 g/mol. The smallest absolute Gasteiger partial charge is 0.242 e. The monoisotopic (exact) mass is 473 g/mol. The molecule has 0 saturated carbocycles. The molecular weight excluding hydrogens is 438 g/mol. The zero-order valence-corrected chi connectivity index (χ0v) is 20.1. The molecule has 184 valence electrons. The molecule has 35 heavy (non-hydrogen) atoms. The van der Waals surface area contributed by atoms with Crippen molar-refractivity contribution in [1.82, 2.24) is 20.6 Å².